The zero-order valence-electron chi connectivity index (χ0n) is 11.2. The maximum absolute atomic E-state index is 13.9. The van der Waals surface area contributed by atoms with Gasteiger partial charge in [-0.1, -0.05) is 25.3 Å². The molecule has 1 aromatic rings. The Bertz CT molecular complexity index is 386. The molecule has 0 saturated heterocycles. The largest absolute Gasteiger partial charge is 0.372 e. The van der Waals surface area contributed by atoms with Crippen LogP contribution in [0.1, 0.15) is 37.7 Å². The van der Waals surface area contributed by atoms with Gasteiger partial charge in [-0.15, -0.1) is 0 Å². The molecule has 2 nitrogen and oxygen atoms in total. The summed E-state index contributed by atoms with van der Waals surface area (Å²) in [6, 6.07) is 5.31. The molecule has 1 aromatic carbocycles. The highest BCUT2D eigenvalue weighted by atomic mass is 19.1. The van der Waals surface area contributed by atoms with E-state index in [1.54, 1.807) is 6.07 Å². The third-order valence-electron chi connectivity index (χ3n) is 3.92. The Morgan fingerprint density at radius 2 is 2.00 bits per heavy atom. The maximum atomic E-state index is 13.9. The van der Waals surface area contributed by atoms with E-state index in [-0.39, 0.29) is 5.82 Å². The molecule has 0 amide bonds. The van der Waals surface area contributed by atoms with Crippen LogP contribution in [0.4, 0.5) is 10.1 Å². The van der Waals surface area contributed by atoms with Crippen molar-refractivity contribution in [3.05, 3.63) is 29.6 Å². The highest BCUT2D eigenvalue weighted by Gasteiger charge is 2.17. The summed E-state index contributed by atoms with van der Waals surface area (Å²) in [5.41, 5.74) is 7.06. The lowest BCUT2D eigenvalue weighted by Crippen LogP contribution is -2.27. The summed E-state index contributed by atoms with van der Waals surface area (Å²) in [5, 5.41) is 0. The predicted molar refractivity (Wildman–Crippen MR) is 74.1 cm³/mol. The molecule has 0 radical (unpaired) electrons. The lowest BCUT2D eigenvalue weighted by molar-refractivity contribution is 0.361. The van der Waals surface area contributed by atoms with E-state index in [1.165, 1.54) is 32.1 Å². The molecule has 0 spiro atoms. The molecule has 1 aliphatic rings. The van der Waals surface area contributed by atoms with Crippen LogP contribution in [0.25, 0.3) is 0 Å². The molecule has 1 fully saturated rings. The molecular weight excluding hydrogens is 227 g/mol. The normalized spacial score (nSPS) is 16.8. The van der Waals surface area contributed by atoms with E-state index >= 15 is 0 Å². The lowest BCUT2D eigenvalue weighted by Gasteiger charge is -2.28. The van der Waals surface area contributed by atoms with Crippen LogP contribution in [-0.4, -0.2) is 13.6 Å². The van der Waals surface area contributed by atoms with Crippen LogP contribution >= 0.6 is 0 Å². The Balaban J connectivity index is 2.01. The van der Waals surface area contributed by atoms with Crippen LogP contribution in [0.15, 0.2) is 18.2 Å². The number of halogens is 1. The van der Waals surface area contributed by atoms with Crippen LogP contribution in [0, 0.1) is 11.7 Å². The summed E-state index contributed by atoms with van der Waals surface area (Å²) in [5.74, 6) is 0.564. The molecule has 2 rings (SSSR count). The molecular formula is C15H23FN2. The Kier molecular flexibility index (Phi) is 4.59. The number of hydrogen-bond donors (Lipinski definition) is 1. The summed E-state index contributed by atoms with van der Waals surface area (Å²) >= 11 is 0. The average Bonchev–Trinajstić information content (AvgIpc) is 2.39. The first-order valence-corrected chi connectivity index (χ1v) is 6.90. The van der Waals surface area contributed by atoms with Gasteiger partial charge < -0.3 is 10.6 Å². The summed E-state index contributed by atoms with van der Waals surface area (Å²) in [6.07, 6.45) is 6.58. The summed E-state index contributed by atoms with van der Waals surface area (Å²) in [4.78, 5) is 2.05. The van der Waals surface area contributed by atoms with Gasteiger partial charge in [0.2, 0.25) is 0 Å². The van der Waals surface area contributed by atoms with Gasteiger partial charge in [0.15, 0.2) is 0 Å². The van der Waals surface area contributed by atoms with Crippen LogP contribution < -0.4 is 10.6 Å². The standard InChI is InChI=1S/C15H23FN2/c1-18(11-12-5-3-2-4-6-12)15-8-7-13(10-17)9-14(15)16/h7-9,12H,2-6,10-11,17H2,1H3. The van der Waals surface area contributed by atoms with Gasteiger partial charge in [0.25, 0.3) is 0 Å². The summed E-state index contributed by atoms with van der Waals surface area (Å²) in [7, 11) is 1.98. The molecule has 100 valence electrons. The third kappa shape index (κ3) is 3.22. The highest BCUT2D eigenvalue weighted by molar-refractivity contribution is 5.48. The smallest absolute Gasteiger partial charge is 0.146 e. The zero-order chi connectivity index (χ0) is 13.0. The third-order valence-corrected chi connectivity index (χ3v) is 3.92. The number of nitrogens with two attached hydrogens (primary N) is 1. The van der Waals surface area contributed by atoms with Crippen molar-refractivity contribution < 1.29 is 4.39 Å². The fourth-order valence-corrected chi connectivity index (χ4v) is 2.84. The quantitative estimate of drug-likeness (QED) is 0.888. The summed E-state index contributed by atoms with van der Waals surface area (Å²) in [6.45, 7) is 1.35. The van der Waals surface area contributed by atoms with Gasteiger partial charge >= 0.3 is 0 Å². The zero-order valence-corrected chi connectivity index (χ0v) is 11.2. The van der Waals surface area contributed by atoms with Gasteiger partial charge in [0, 0.05) is 20.1 Å². The molecule has 0 heterocycles. The van der Waals surface area contributed by atoms with Crippen molar-refractivity contribution in [1.29, 1.82) is 0 Å². The first kappa shape index (κ1) is 13.3. The van der Waals surface area contributed by atoms with Gasteiger partial charge in [-0.2, -0.15) is 0 Å². The monoisotopic (exact) mass is 250 g/mol. The van der Waals surface area contributed by atoms with E-state index in [4.69, 9.17) is 5.73 Å². The minimum Gasteiger partial charge on any atom is -0.372 e. The molecule has 0 unspecified atom stereocenters. The van der Waals surface area contributed by atoms with Crippen LogP contribution in [-0.2, 0) is 6.54 Å². The van der Waals surface area contributed by atoms with Crippen molar-refractivity contribution in [3.8, 4) is 0 Å². The molecule has 18 heavy (non-hydrogen) atoms. The first-order valence-electron chi connectivity index (χ1n) is 6.90. The highest BCUT2D eigenvalue weighted by Crippen LogP contribution is 2.27. The molecule has 0 aliphatic heterocycles. The van der Waals surface area contributed by atoms with Crippen molar-refractivity contribution in [2.45, 2.75) is 38.6 Å². The average molecular weight is 250 g/mol. The Morgan fingerprint density at radius 1 is 1.28 bits per heavy atom. The molecule has 0 atom stereocenters. The second-order valence-electron chi connectivity index (χ2n) is 5.37. The first-order chi connectivity index (χ1) is 8.70. The van der Waals surface area contributed by atoms with E-state index in [0.717, 1.165) is 18.0 Å². The van der Waals surface area contributed by atoms with Crippen LogP contribution in [0.5, 0.6) is 0 Å². The number of anilines is 1. The molecule has 0 aromatic heterocycles. The fraction of sp³-hybridized carbons (Fsp3) is 0.600. The van der Waals surface area contributed by atoms with E-state index in [0.29, 0.717) is 12.2 Å². The fourth-order valence-electron chi connectivity index (χ4n) is 2.84. The van der Waals surface area contributed by atoms with Gasteiger partial charge in [0.1, 0.15) is 5.82 Å². The van der Waals surface area contributed by atoms with Crippen molar-refractivity contribution in [3.63, 3.8) is 0 Å². The minimum absolute atomic E-state index is 0.156. The Hall–Kier alpha value is -1.09. The van der Waals surface area contributed by atoms with Crippen LogP contribution in [0.2, 0.25) is 0 Å². The molecule has 1 saturated carbocycles. The minimum atomic E-state index is -0.156. The van der Waals surface area contributed by atoms with Crippen molar-refractivity contribution in [1.82, 2.24) is 0 Å². The Labute approximate surface area is 109 Å². The number of benzene rings is 1. The van der Waals surface area contributed by atoms with Gasteiger partial charge in [-0.05, 0) is 36.5 Å². The second-order valence-corrected chi connectivity index (χ2v) is 5.37. The van der Waals surface area contributed by atoms with Crippen molar-refractivity contribution >= 4 is 5.69 Å². The van der Waals surface area contributed by atoms with E-state index in [9.17, 15) is 4.39 Å². The van der Waals surface area contributed by atoms with Gasteiger partial charge in [0.05, 0.1) is 5.69 Å². The number of nitrogens with zero attached hydrogens (tertiary/aromatic N) is 1. The number of hydrogen-bond acceptors (Lipinski definition) is 2. The van der Waals surface area contributed by atoms with Crippen LogP contribution in [0.3, 0.4) is 0 Å². The maximum Gasteiger partial charge on any atom is 0.146 e. The van der Waals surface area contributed by atoms with Crippen molar-refractivity contribution in [2.75, 3.05) is 18.5 Å². The van der Waals surface area contributed by atoms with E-state index in [1.807, 2.05) is 24.1 Å². The predicted octanol–water partition coefficient (Wildman–Crippen LogP) is 3.30. The SMILES string of the molecule is CN(CC1CCCCC1)c1ccc(CN)cc1F. The lowest BCUT2D eigenvalue weighted by atomic mass is 9.89. The molecule has 2 N–H and O–H groups in total. The van der Waals surface area contributed by atoms with Gasteiger partial charge in [-0.3, -0.25) is 0 Å². The Morgan fingerprint density at radius 3 is 2.61 bits per heavy atom. The molecule has 0 bridgehead atoms. The summed E-state index contributed by atoms with van der Waals surface area (Å²) < 4.78 is 13.9. The topological polar surface area (TPSA) is 29.3 Å². The molecule has 1 aliphatic carbocycles. The van der Waals surface area contributed by atoms with E-state index in [2.05, 4.69) is 0 Å². The molecule has 3 heteroatoms. The van der Waals surface area contributed by atoms with Gasteiger partial charge in [-0.25, -0.2) is 4.39 Å². The van der Waals surface area contributed by atoms with Crippen molar-refractivity contribution in [2.24, 2.45) is 11.7 Å². The number of rotatable bonds is 4. The van der Waals surface area contributed by atoms with E-state index < -0.39 is 0 Å². The second kappa shape index (κ2) is 6.19.